The maximum Gasteiger partial charge on any atom is 0.252 e. The summed E-state index contributed by atoms with van der Waals surface area (Å²) in [5.74, 6) is 1.81. The molecule has 0 saturated heterocycles. The van der Waals surface area contributed by atoms with Crippen LogP contribution in [0.2, 0.25) is 0 Å². The maximum absolute atomic E-state index is 12.3. The molecule has 112 valence electrons. The summed E-state index contributed by atoms with van der Waals surface area (Å²) in [4.78, 5) is 21.0. The van der Waals surface area contributed by atoms with Crippen molar-refractivity contribution >= 4 is 17.2 Å². The Labute approximate surface area is 129 Å². The number of thiophene rings is 1. The molecule has 21 heavy (non-hydrogen) atoms. The minimum Gasteiger partial charge on any atom is -0.352 e. The lowest BCUT2D eigenvalue weighted by molar-refractivity contribution is 0.0952. The maximum atomic E-state index is 12.3. The number of aromatic amines is 1. The Balaban J connectivity index is 1.52. The zero-order chi connectivity index (χ0) is 14.7. The number of H-pyrrole nitrogens is 1. The first-order valence-corrected chi connectivity index (χ1v) is 8.47. The van der Waals surface area contributed by atoms with E-state index >= 15 is 0 Å². The zero-order valence-electron chi connectivity index (χ0n) is 12.3. The second-order valence-corrected chi connectivity index (χ2v) is 6.76. The molecule has 4 nitrogen and oxygen atoms in total. The average Bonchev–Trinajstić information content (AvgIpc) is 3.12. The normalized spacial score (nSPS) is 17.5. The molecule has 0 bridgehead atoms. The second kappa shape index (κ2) is 6.43. The van der Waals surface area contributed by atoms with Crippen LogP contribution in [0.3, 0.4) is 0 Å². The summed E-state index contributed by atoms with van der Waals surface area (Å²) in [6, 6.07) is 0. The number of rotatable bonds is 5. The Morgan fingerprint density at radius 1 is 1.57 bits per heavy atom. The van der Waals surface area contributed by atoms with Gasteiger partial charge in [0.1, 0.15) is 5.82 Å². The number of aromatic nitrogens is 2. The van der Waals surface area contributed by atoms with E-state index in [0.717, 1.165) is 43.0 Å². The van der Waals surface area contributed by atoms with Crippen molar-refractivity contribution in [2.45, 2.75) is 39.0 Å². The number of hydrogen-bond acceptors (Lipinski definition) is 3. The predicted molar refractivity (Wildman–Crippen MR) is 84.7 cm³/mol. The van der Waals surface area contributed by atoms with Crippen molar-refractivity contribution in [3.8, 4) is 0 Å². The largest absolute Gasteiger partial charge is 0.352 e. The third-order valence-electron chi connectivity index (χ3n) is 4.08. The van der Waals surface area contributed by atoms with Gasteiger partial charge in [-0.3, -0.25) is 4.79 Å². The molecule has 5 heteroatoms. The molecule has 1 aliphatic carbocycles. The van der Waals surface area contributed by atoms with Gasteiger partial charge in [0.25, 0.3) is 5.91 Å². The van der Waals surface area contributed by atoms with Gasteiger partial charge < -0.3 is 10.3 Å². The third kappa shape index (κ3) is 3.35. The van der Waals surface area contributed by atoms with E-state index in [4.69, 9.17) is 0 Å². The van der Waals surface area contributed by atoms with Gasteiger partial charge in [-0.25, -0.2) is 4.98 Å². The molecule has 0 spiro atoms. The topological polar surface area (TPSA) is 57.8 Å². The molecule has 2 heterocycles. The van der Waals surface area contributed by atoms with Crippen LogP contribution in [0.25, 0.3) is 0 Å². The fourth-order valence-electron chi connectivity index (χ4n) is 2.86. The van der Waals surface area contributed by atoms with E-state index in [0.29, 0.717) is 6.54 Å². The number of fused-ring (bicyclic) bond motifs is 1. The summed E-state index contributed by atoms with van der Waals surface area (Å²) in [6.07, 6.45) is 8.73. The Hall–Kier alpha value is -1.62. The summed E-state index contributed by atoms with van der Waals surface area (Å²) >= 11 is 1.75. The summed E-state index contributed by atoms with van der Waals surface area (Å²) in [5.41, 5.74) is 2.20. The van der Waals surface area contributed by atoms with Crippen molar-refractivity contribution in [2.75, 3.05) is 6.54 Å². The molecule has 1 aliphatic rings. The first kappa shape index (κ1) is 14.3. The molecule has 0 aliphatic heterocycles. The molecule has 1 atom stereocenters. The molecule has 0 aromatic carbocycles. The van der Waals surface area contributed by atoms with E-state index in [1.807, 2.05) is 11.6 Å². The van der Waals surface area contributed by atoms with Crippen LogP contribution in [-0.2, 0) is 19.3 Å². The molecule has 0 radical (unpaired) electrons. The predicted octanol–water partition coefficient (Wildman–Crippen LogP) is 2.96. The monoisotopic (exact) mass is 303 g/mol. The van der Waals surface area contributed by atoms with E-state index in [9.17, 15) is 4.79 Å². The highest BCUT2D eigenvalue weighted by molar-refractivity contribution is 7.10. The van der Waals surface area contributed by atoms with Gasteiger partial charge in [0.05, 0.1) is 5.56 Å². The molecule has 0 saturated carbocycles. The summed E-state index contributed by atoms with van der Waals surface area (Å²) in [6.45, 7) is 2.98. The number of carbonyl (C=O) groups is 1. The zero-order valence-corrected chi connectivity index (χ0v) is 13.1. The van der Waals surface area contributed by atoms with Crippen molar-refractivity contribution in [1.29, 1.82) is 0 Å². The SMILES string of the molecule is CC1CCc2c(C(=O)NCCCc3ncc[nH]3)csc2C1. The van der Waals surface area contributed by atoms with Gasteiger partial charge in [-0.2, -0.15) is 0 Å². The highest BCUT2D eigenvalue weighted by Crippen LogP contribution is 2.32. The van der Waals surface area contributed by atoms with Gasteiger partial charge in [-0.1, -0.05) is 6.92 Å². The van der Waals surface area contributed by atoms with Crippen LogP contribution >= 0.6 is 11.3 Å². The van der Waals surface area contributed by atoms with Gasteiger partial charge in [0, 0.05) is 35.6 Å². The van der Waals surface area contributed by atoms with E-state index in [2.05, 4.69) is 22.2 Å². The van der Waals surface area contributed by atoms with E-state index in [1.165, 1.54) is 16.9 Å². The second-order valence-electron chi connectivity index (χ2n) is 5.79. The van der Waals surface area contributed by atoms with Gasteiger partial charge in [-0.15, -0.1) is 11.3 Å². The number of imidazole rings is 1. The first-order valence-electron chi connectivity index (χ1n) is 7.59. The summed E-state index contributed by atoms with van der Waals surface area (Å²) in [5, 5.41) is 5.07. The van der Waals surface area contributed by atoms with Crippen molar-refractivity contribution in [3.05, 3.63) is 39.6 Å². The van der Waals surface area contributed by atoms with Crippen LogP contribution in [0.1, 0.15) is 46.4 Å². The summed E-state index contributed by atoms with van der Waals surface area (Å²) in [7, 11) is 0. The van der Waals surface area contributed by atoms with Crippen LogP contribution in [-0.4, -0.2) is 22.4 Å². The van der Waals surface area contributed by atoms with Crippen molar-refractivity contribution in [2.24, 2.45) is 5.92 Å². The Morgan fingerprint density at radius 2 is 2.48 bits per heavy atom. The molecule has 2 aromatic heterocycles. The Kier molecular flexibility index (Phi) is 4.39. The van der Waals surface area contributed by atoms with E-state index < -0.39 is 0 Å². The fraction of sp³-hybridized carbons (Fsp3) is 0.500. The van der Waals surface area contributed by atoms with E-state index in [-0.39, 0.29) is 5.91 Å². The van der Waals surface area contributed by atoms with Crippen LogP contribution < -0.4 is 5.32 Å². The van der Waals surface area contributed by atoms with Crippen LogP contribution in [0.5, 0.6) is 0 Å². The highest BCUT2D eigenvalue weighted by atomic mass is 32.1. The number of carbonyl (C=O) groups excluding carboxylic acids is 1. The van der Waals surface area contributed by atoms with Crippen LogP contribution in [0, 0.1) is 5.92 Å². The average molecular weight is 303 g/mol. The molecule has 2 aromatic rings. The molecular weight excluding hydrogens is 282 g/mol. The van der Waals surface area contributed by atoms with E-state index in [1.54, 1.807) is 17.5 Å². The fourth-order valence-corrected chi connectivity index (χ4v) is 4.10. The van der Waals surface area contributed by atoms with Crippen LogP contribution in [0.4, 0.5) is 0 Å². The Bertz CT molecular complexity index is 603. The van der Waals surface area contributed by atoms with Gasteiger partial charge >= 0.3 is 0 Å². The minimum absolute atomic E-state index is 0.0847. The molecule has 0 fully saturated rings. The smallest absolute Gasteiger partial charge is 0.252 e. The standard InChI is InChI=1S/C16H21N3OS/c1-11-4-5-12-13(10-21-14(12)9-11)16(20)19-6-2-3-15-17-7-8-18-15/h7-8,10-11H,2-6,9H2,1H3,(H,17,18)(H,19,20). The number of nitrogens with one attached hydrogen (secondary N) is 2. The van der Waals surface area contributed by atoms with Crippen LogP contribution in [0.15, 0.2) is 17.8 Å². The first-order chi connectivity index (χ1) is 10.2. The number of hydrogen-bond donors (Lipinski definition) is 2. The molecule has 1 amide bonds. The minimum atomic E-state index is 0.0847. The molecular formula is C16H21N3OS. The molecule has 1 unspecified atom stereocenters. The number of nitrogens with zero attached hydrogens (tertiary/aromatic N) is 1. The van der Waals surface area contributed by atoms with Crippen molar-refractivity contribution in [1.82, 2.24) is 15.3 Å². The number of amides is 1. The van der Waals surface area contributed by atoms with Gasteiger partial charge in [0.2, 0.25) is 0 Å². The van der Waals surface area contributed by atoms with Gasteiger partial charge in [0.15, 0.2) is 0 Å². The third-order valence-corrected chi connectivity index (χ3v) is 5.13. The lowest BCUT2D eigenvalue weighted by Gasteiger charge is -2.18. The van der Waals surface area contributed by atoms with Crippen molar-refractivity contribution in [3.63, 3.8) is 0 Å². The molecule has 3 rings (SSSR count). The number of aryl methyl sites for hydroxylation is 1. The Morgan fingerprint density at radius 3 is 3.29 bits per heavy atom. The molecule has 2 N–H and O–H groups in total. The highest BCUT2D eigenvalue weighted by Gasteiger charge is 2.22. The lowest BCUT2D eigenvalue weighted by atomic mass is 9.88. The summed E-state index contributed by atoms with van der Waals surface area (Å²) < 4.78 is 0. The quantitative estimate of drug-likeness (QED) is 0.834. The van der Waals surface area contributed by atoms with Gasteiger partial charge in [-0.05, 0) is 37.2 Å². The van der Waals surface area contributed by atoms with Crippen molar-refractivity contribution < 1.29 is 4.79 Å². The lowest BCUT2D eigenvalue weighted by Crippen LogP contribution is -2.26.